The fourth-order valence-corrected chi connectivity index (χ4v) is 0.585. The van der Waals surface area contributed by atoms with Crippen LogP contribution in [0.4, 0.5) is 5.88 Å². The van der Waals surface area contributed by atoms with Crippen LogP contribution < -0.4 is 0 Å². The van der Waals surface area contributed by atoms with E-state index >= 15 is 0 Å². The Kier molecular flexibility index (Phi) is 2.28. The molecule has 0 saturated heterocycles. The van der Waals surface area contributed by atoms with Crippen molar-refractivity contribution < 1.29 is 9.34 Å². The highest BCUT2D eigenvalue weighted by atomic mass is 16.6. The lowest BCUT2D eigenvalue weighted by Gasteiger charge is -1.78. The fraction of sp³-hybridized carbons (Fsp3) is 0.167. The van der Waals surface area contributed by atoms with E-state index < -0.39 is 4.92 Å². The van der Waals surface area contributed by atoms with E-state index in [2.05, 4.69) is 20.9 Å². The third-order valence-corrected chi connectivity index (χ3v) is 1.03. The molecule has 0 radical (unpaired) electrons. The summed E-state index contributed by atoms with van der Waals surface area (Å²) in [6, 6.07) is 4.98. The third kappa shape index (κ3) is 1.73. The molecule has 0 aliphatic rings. The van der Waals surface area contributed by atoms with Crippen LogP contribution in [0.2, 0.25) is 0 Å². The first-order valence-electron chi connectivity index (χ1n) is 3.03. The van der Waals surface area contributed by atoms with Crippen LogP contribution in [0.15, 0.2) is 16.5 Å². The molecule has 1 rings (SSSR count). The molecule has 6 nitrogen and oxygen atoms in total. The van der Waals surface area contributed by atoms with E-state index in [1.807, 2.05) is 0 Å². The fourth-order valence-electron chi connectivity index (χ4n) is 0.585. The Bertz CT molecular complexity index is 346. The van der Waals surface area contributed by atoms with Crippen molar-refractivity contribution in [3.63, 3.8) is 0 Å². The number of nitro groups is 1. The SMILES string of the molecule is C[N-][N+]#Cc1ccc([N+](=O)[O-])o1. The maximum atomic E-state index is 10.1. The highest BCUT2D eigenvalue weighted by Gasteiger charge is 2.12. The van der Waals surface area contributed by atoms with E-state index in [0.29, 0.717) is 0 Å². The number of nitrogens with zero attached hydrogens (tertiary/aromatic N) is 3. The second kappa shape index (κ2) is 3.39. The van der Waals surface area contributed by atoms with Crippen LogP contribution in [0.5, 0.6) is 0 Å². The zero-order valence-corrected chi connectivity index (χ0v) is 6.22. The summed E-state index contributed by atoms with van der Waals surface area (Å²) in [6.07, 6.45) is 0. The molecular weight excluding hydrogens is 162 g/mol. The van der Waals surface area contributed by atoms with E-state index in [1.165, 1.54) is 19.2 Å². The van der Waals surface area contributed by atoms with Gasteiger partial charge in [-0.25, -0.2) is 0 Å². The second-order valence-electron chi connectivity index (χ2n) is 1.81. The minimum atomic E-state index is -0.631. The average Bonchev–Trinajstić information content (AvgIpc) is 2.48. The molecule has 0 bridgehead atoms. The first kappa shape index (κ1) is 8.07. The Morgan fingerprint density at radius 1 is 1.75 bits per heavy atom. The molecular formula is C6H5N3O3. The molecule has 1 aromatic rings. The Morgan fingerprint density at radius 3 is 3.00 bits per heavy atom. The molecule has 62 valence electrons. The van der Waals surface area contributed by atoms with Gasteiger partial charge in [-0.1, -0.05) is 12.0 Å². The van der Waals surface area contributed by atoms with Gasteiger partial charge in [0.05, 0.1) is 6.07 Å². The Hall–Kier alpha value is -2.03. The van der Waals surface area contributed by atoms with Crippen LogP contribution >= 0.6 is 0 Å². The molecule has 1 heterocycles. The summed E-state index contributed by atoms with van der Waals surface area (Å²) in [4.78, 5) is 12.9. The van der Waals surface area contributed by atoms with E-state index in [1.54, 1.807) is 0 Å². The van der Waals surface area contributed by atoms with Gasteiger partial charge in [0.15, 0.2) is 0 Å². The maximum absolute atomic E-state index is 10.1. The van der Waals surface area contributed by atoms with Gasteiger partial charge in [-0.05, 0) is 0 Å². The molecule has 0 saturated carbocycles. The molecule has 1 aromatic heterocycles. The Morgan fingerprint density at radius 2 is 2.50 bits per heavy atom. The third-order valence-electron chi connectivity index (χ3n) is 1.03. The Labute approximate surface area is 67.7 Å². The molecule has 0 N–H and O–H groups in total. The first-order valence-corrected chi connectivity index (χ1v) is 3.03. The predicted octanol–water partition coefficient (Wildman–Crippen LogP) is 1.79. The first-order chi connectivity index (χ1) is 5.74. The predicted molar refractivity (Wildman–Crippen MR) is 41.0 cm³/mol. The lowest BCUT2D eigenvalue weighted by Crippen LogP contribution is -1.82. The quantitative estimate of drug-likeness (QED) is 0.472. The average molecular weight is 167 g/mol. The van der Waals surface area contributed by atoms with E-state index in [-0.39, 0.29) is 11.6 Å². The van der Waals surface area contributed by atoms with Crippen LogP contribution in [-0.4, -0.2) is 12.0 Å². The summed E-state index contributed by atoms with van der Waals surface area (Å²) in [5.74, 6) is -0.142. The molecule has 0 atom stereocenters. The highest BCUT2D eigenvalue weighted by molar-refractivity contribution is 5.28. The van der Waals surface area contributed by atoms with Crippen molar-refractivity contribution in [3.05, 3.63) is 38.4 Å². The number of hydrogen-bond donors (Lipinski definition) is 0. The summed E-state index contributed by atoms with van der Waals surface area (Å²) in [6.45, 7) is 0. The van der Waals surface area contributed by atoms with Crippen molar-refractivity contribution in [3.8, 4) is 6.07 Å². The minimum Gasteiger partial charge on any atom is -0.385 e. The number of furan rings is 1. The van der Waals surface area contributed by atoms with Gasteiger partial charge in [-0.3, -0.25) is 10.1 Å². The maximum Gasteiger partial charge on any atom is 0.434 e. The standard InChI is InChI=1S/C6H5N3O3/c1-7-8-4-5-2-3-6(12-5)9(10)11/h2-3H,1H3. The largest absolute Gasteiger partial charge is 0.434 e. The summed E-state index contributed by atoms with van der Waals surface area (Å²) < 4.78 is 4.68. The monoisotopic (exact) mass is 167 g/mol. The lowest BCUT2D eigenvalue weighted by molar-refractivity contribution is -0.402. The van der Waals surface area contributed by atoms with Gasteiger partial charge < -0.3 is 9.84 Å². The zero-order chi connectivity index (χ0) is 8.97. The zero-order valence-electron chi connectivity index (χ0n) is 6.22. The van der Waals surface area contributed by atoms with E-state index in [4.69, 9.17) is 0 Å². The summed E-state index contributed by atoms with van der Waals surface area (Å²) in [5, 5.41) is 10.1. The van der Waals surface area contributed by atoms with Gasteiger partial charge in [0.2, 0.25) is 0 Å². The molecule has 0 aliphatic heterocycles. The summed E-state index contributed by atoms with van der Waals surface area (Å²) in [7, 11) is 1.46. The molecule has 0 aliphatic carbocycles. The van der Waals surface area contributed by atoms with Gasteiger partial charge >= 0.3 is 12.0 Å². The van der Waals surface area contributed by atoms with Gasteiger partial charge in [0, 0.05) is 6.07 Å². The highest BCUT2D eigenvalue weighted by Crippen LogP contribution is 2.14. The molecule has 0 aromatic carbocycles. The number of rotatable bonds is 1. The normalized spacial score (nSPS) is 8.42. The molecule has 0 spiro atoms. The van der Waals surface area contributed by atoms with Crippen LogP contribution in [-0.2, 0) is 0 Å². The van der Waals surface area contributed by atoms with Crippen molar-refractivity contribution in [1.29, 1.82) is 0 Å². The Balaban J connectivity index is 2.84. The van der Waals surface area contributed by atoms with Crippen molar-refractivity contribution in [2.75, 3.05) is 7.05 Å². The van der Waals surface area contributed by atoms with Crippen LogP contribution in [0.25, 0.3) is 10.4 Å². The van der Waals surface area contributed by atoms with Gasteiger partial charge in [-0.2, -0.15) is 0 Å². The van der Waals surface area contributed by atoms with Crippen molar-refractivity contribution in [2.45, 2.75) is 0 Å². The molecule has 12 heavy (non-hydrogen) atoms. The van der Waals surface area contributed by atoms with Crippen LogP contribution in [0.3, 0.4) is 0 Å². The van der Waals surface area contributed by atoms with Gasteiger partial charge in [0.25, 0.3) is 5.76 Å². The molecule has 0 unspecified atom stereocenters. The summed E-state index contributed by atoms with van der Waals surface area (Å²) >= 11 is 0. The van der Waals surface area contributed by atoms with Crippen LogP contribution in [0, 0.1) is 16.2 Å². The minimum absolute atomic E-state index is 0.187. The summed E-state index contributed by atoms with van der Waals surface area (Å²) in [5.41, 5.74) is 3.37. The van der Waals surface area contributed by atoms with Crippen molar-refractivity contribution >= 4 is 5.88 Å². The number of hydrogen-bond acceptors (Lipinski definition) is 3. The second-order valence-corrected chi connectivity index (χ2v) is 1.81. The molecule has 6 heteroatoms. The van der Waals surface area contributed by atoms with Crippen LogP contribution in [0.1, 0.15) is 5.76 Å². The van der Waals surface area contributed by atoms with Gasteiger partial charge in [-0.15, -0.1) is 0 Å². The van der Waals surface area contributed by atoms with E-state index in [0.717, 1.165) is 0 Å². The van der Waals surface area contributed by atoms with Gasteiger partial charge in [0.1, 0.15) is 4.92 Å². The smallest absolute Gasteiger partial charge is 0.385 e. The molecule has 0 fully saturated rings. The molecule has 0 amide bonds. The topological polar surface area (TPSA) is 74.7 Å². The van der Waals surface area contributed by atoms with E-state index in [9.17, 15) is 10.1 Å². The van der Waals surface area contributed by atoms with Crippen molar-refractivity contribution in [1.82, 2.24) is 0 Å². The lowest BCUT2D eigenvalue weighted by atomic mass is 10.5. The van der Waals surface area contributed by atoms with Crippen molar-refractivity contribution in [2.24, 2.45) is 0 Å².